The number of piperazine rings is 1. The van der Waals surface area contributed by atoms with E-state index in [1.807, 2.05) is 37.8 Å². The molecular weight excluding hydrogens is 406 g/mol. The molecule has 0 aliphatic carbocycles. The molecular formula is C24H31N5O3. The van der Waals surface area contributed by atoms with Crippen molar-refractivity contribution in [2.75, 3.05) is 37.6 Å². The van der Waals surface area contributed by atoms with Gasteiger partial charge in [-0.2, -0.15) is 5.26 Å². The second kappa shape index (κ2) is 8.55. The number of para-hydroxylation sites is 1. The third-order valence-electron chi connectivity index (χ3n) is 7.12. The second-order valence-corrected chi connectivity index (χ2v) is 9.40. The van der Waals surface area contributed by atoms with Gasteiger partial charge in [0.1, 0.15) is 11.7 Å². The van der Waals surface area contributed by atoms with E-state index in [9.17, 15) is 19.6 Å². The quantitative estimate of drug-likeness (QED) is 0.704. The van der Waals surface area contributed by atoms with Crippen LogP contribution in [0.25, 0.3) is 0 Å². The Morgan fingerprint density at radius 1 is 1.16 bits per heavy atom. The van der Waals surface area contributed by atoms with Gasteiger partial charge < -0.3 is 9.80 Å². The molecule has 0 aromatic heterocycles. The molecule has 2 fully saturated rings. The van der Waals surface area contributed by atoms with Crippen molar-refractivity contribution in [3.8, 4) is 6.07 Å². The van der Waals surface area contributed by atoms with Crippen LogP contribution < -0.4 is 4.90 Å². The maximum Gasteiger partial charge on any atom is 0.257 e. The molecule has 2 unspecified atom stereocenters. The number of benzene rings is 1. The van der Waals surface area contributed by atoms with Crippen LogP contribution in [0.3, 0.4) is 0 Å². The average Bonchev–Trinajstić information content (AvgIpc) is 3.09. The fourth-order valence-electron chi connectivity index (χ4n) is 5.31. The van der Waals surface area contributed by atoms with Crippen LogP contribution in [0.1, 0.15) is 50.4 Å². The Bertz CT molecular complexity index is 963. The number of hydrogen-bond acceptors (Lipinski definition) is 5. The number of amides is 3. The summed E-state index contributed by atoms with van der Waals surface area (Å²) in [6.07, 6.45) is 1.17. The number of nitrogens with zero attached hydrogens (tertiary/aromatic N) is 5. The van der Waals surface area contributed by atoms with Crippen molar-refractivity contribution in [3.05, 3.63) is 29.8 Å². The normalized spacial score (nSPS) is 24.4. The van der Waals surface area contributed by atoms with Crippen molar-refractivity contribution in [1.29, 1.82) is 5.26 Å². The zero-order chi connectivity index (χ0) is 23.0. The lowest BCUT2D eigenvalue weighted by atomic mass is 9.98. The van der Waals surface area contributed by atoms with Crippen LogP contribution in [0.2, 0.25) is 0 Å². The van der Waals surface area contributed by atoms with Crippen LogP contribution in [0.15, 0.2) is 24.3 Å². The zero-order valence-electron chi connectivity index (χ0n) is 19.1. The minimum atomic E-state index is -0.737. The molecule has 2 atom stereocenters. The molecule has 0 radical (unpaired) electrons. The average molecular weight is 438 g/mol. The fourth-order valence-corrected chi connectivity index (χ4v) is 5.31. The summed E-state index contributed by atoms with van der Waals surface area (Å²) in [6, 6.07) is 9.45. The van der Waals surface area contributed by atoms with Gasteiger partial charge in [0.2, 0.25) is 11.8 Å². The fraction of sp³-hybridized carbons (Fsp3) is 0.583. The van der Waals surface area contributed by atoms with Gasteiger partial charge in [-0.1, -0.05) is 26.0 Å². The molecule has 3 aliphatic rings. The van der Waals surface area contributed by atoms with Crippen molar-refractivity contribution in [2.24, 2.45) is 5.92 Å². The molecule has 32 heavy (non-hydrogen) atoms. The maximum absolute atomic E-state index is 13.3. The van der Waals surface area contributed by atoms with Crippen molar-refractivity contribution < 1.29 is 14.4 Å². The van der Waals surface area contributed by atoms with E-state index in [-0.39, 0.29) is 42.6 Å². The second-order valence-electron chi connectivity index (χ2n) is 9.40. The Morgan fingerprint density at radius 2 is 1.84 bits per heavy atom. The summed E-state index contributed by atoms with van der Waals surface area (Å²) in [5.41, 5.74) is 0.439. The SMILES string of the molecule is CC(C)C(C#N)N1CCN(C(=O)CCN2C(=O)c3ccccc3N3C(=O)CCC23C)CC1. The van der Waals surface area contributed by atoms with Crippen LogP contribution in [-0.4, -0.2) is 76.8 Å². The standard InChI is InChI=1S/C24H31N5O3/c1-17(2)20(16-25)26-12-14-27(15-13-26)21(30)9-11-28-23(32)18-6-4-5-7-19(18)29-22(31)8-10-24(28,29)3/h4-7,17,20H,8-15H2,1-3H3. The summed E-state index contributed by atoms with van der Waals surface area (Å²) in [4.78, 5) is 46.3. The molecule has 2 saturated heterocycles. The number of nitriles is 1. The number of fused-ring (bicyclic) bond motifs is 3. The van der Waals surface area contributed by atoms with E-state index >= 15 is 0 Å². The summed E-state index contributed by atoms with van der Waals surface area (Å²) < 4.78 is 0. The predicted molar refractivity (Wildman–Crippen MR) is 120 cm³/mol. The molecule has 0 spiro atoms. The Kier molecular flexibility index (Phi) is 5.95. The van der Waals surface area contributed by atoms with Gasteiger partial charge in [0.15, 0.2) is 0 Å². The lowest BCUT2D eigenvalue weighted by Crippen LogP contribution is -2.62. The van der Waals surface area contributed by atoms with Gasteiger partial charge in [0.25, 0.3) is 5.91 Å². The van der Waals surface area contributed by atoms with E-state index in [0.29, 0.717) is 50.3 Å². The highest BCUT2D eigenvalue weighted by Crippen LogP contribution is 2.44. The van der Waals surface area contributed by atoms with Gasteiger partial charge in [-0.25, -0.2) is 0 Å². The third kappa shape index (κ3) is 3.65. The number of anilines is 1. The van der Waals surface area contributed by atoms with E-state index in [0.717, 1.165) is 0 Å². The molecule has 0 N–H and O–H groups in total. The minimum Gasteiger partial charge on any atom is -0.340 e. The van der Waals surface area contributed by atoms with Crippen molar-refractivity contribution >= 4 is 23.4 Å². The van der Waals surface area contributed by atoms with Crippen LogP contribution >= 0.6 is 0 Å². The van der Waals surface area contributed by atoms with E-state index in [1.165, 1.54) is 0 Å². The monoisotopic (exact) mass is 437 g/mol. The first-order valence-corrected chi connectivity index (χ1v) is 11.4. The highest BCUT2D eigenvalue weighted by atomic mass is 16.2. The lowest BCUT2D eigenvalue weighted by molar-refractivity contribution is -0.133. The summed E-state index contributed by atoms with van der Waals surface area (Å²) in [6.45, 7) is 8.80. The molecule has 3 heterocycles. The minimum absolute atomic E-state index is 0.00818. The molecule has 8 heteroatoms. The van der Waals surface area contributed by atoms with E-state index in [2.05, 4.69) is 11.0 Å². The zero-order valence-corrected chi connectivity index (χ0v) is 19.1. The Morgan fingerprint density at radius 3 is 2.50 bits per heavy atom. The van der Waals surface area contributed by atoms with Crippen LogP contribution in [0.5, 0.6) is 0 Å². The van der Waals surface area contributed by atoms with E-state index in [4.69, 9.17) is 0 Å². The van der Waals surface area contributed by atoms with E-state index in [1.54, 1.807) is 21.9 Å². The highest BCUT2D eigenvalue weighted by molar-refractivity contribution is 6.10. The molecule has 170 valence electrons. The van der Waals surface area contributed by atoms with Gasteiger partial charge in [0, 0.05) is 45.6 Å². The molecule has 0 saturated carbocycles. The third-order valence-corrected chi connectivity index (χ3v) is 7.12. The van der Waals surface area contributed by atoms with Gasteiger partial charge in [-0.05, 0) is 31.4 Å². The molecule has 8 nitrogen and oxygen atoms in total. The van der Waals surface area contributed by atoms with Crippen LogP contribution in [-0.2, 0) is 9.59 Å². The molecule has 1 aromatic rings. The van der Waals surface area contributed by atoms with Crippen LogP contribution in [0.4, 0.5) is 5.69 Å². The van der Waals surface area contributed by atoms with Crippen molar-refractivity contribution in [1.82, 2.24) is 14.7 Å². The largest absolute Gasteiger partial charge is 0.340 e. The van der Waals surface area contributed by atoms with Gasteiger partial charge in [0.05, 0.1) is 17.3 Å². The van der Waals surface area contributed by atoms with Crippen LogP contribution in [0, 0.1) is 17.2 Å². The summed E-state index contributed by atoms with van der Waals surface area (Å²) in [5, 5.41) is 9.43. The van der Waals surface area contributed by atoms with Crippen molar-refractivity contribution in [2.45, 2.75) is 51.7 Å². The first-order valence-electron chi connectivity index (χ1n) is 11.4. The first kappa shape index (κ1) is 22.3. The predicted octanol–water partition coefficient (Wildman–Crippen LogP) is 2.07. The number of carbonyl (C=O) groups is 3. The molecule has 4 rings (SSSR count). The number of carbonyl (C=O) groups excluding carboxylic acids is 3. The molecule has 3 aliphatic heterocycles. The van der Waals surface area contributed by atoms with Gasteiger partial charge >= 0.3 is 0 Å². The Labute approximate surface area is 189 Å². The molecule has 1 aromatic carbocycles. The maximum atomic E-state index is 13.3. The smallest absolute Gasteiger partial charge is 0.257 e. The number of rotatable bonds is 5. The van der Waals surface area contributed by atoms with E-state index < -0.39 is 5.66 Å². The molecule has 0 bridgehead atoms. The topological polar surface area (TPSA) is 88.0 Å². The summed E-state index contributed by atoms with van der Waals surface area (Å²) in [5.74, 6) is 0.138. The number of hydrogen-bond donors (Lipinski definition) is 0. The highest BCUT2D eigenvalue weighted by Gasteiger charge is 2.52. The summed E-state index contributed by atoms with van der Waals surface area (Å²) in [7, 11) is 0. The Hall–Kier alpha value is -2.92. The van der Waals surface area contributed by atoms with Gasteiger partial charge in [-0.3, -0.25) is 24.2 Å². The lowest BCUT2D eigenvalue weighted by Gasteiger charge is -2.48. The first-order chi connectivity index (χ1) is 15.3. The van der Waals surface area contributed by atoms with Crippen molar-refractivity contribution in [3.63, 3.8) is 0 Å². The van der Waals surface area contributed by atoms with Gasteiger partial charge in [-0.15, -0.1) is 0 Å². The molecule has 3 amide bonds. The Balaban J connectivity index is 1.43. The summed E-state index contributed by atoms with van der Waals surface area (Å²) >= 11 is 0.